The van der Waals surface area contributed by atoms with E-state index < -0.39 is 0 Å². The molecule has 2 rings (SSSR count). The number of rotatable bonds is 5. The molecule has 0 amide bonds. The number of aromatic nitrogens is 2. The van der Waals surface area contributed by atoms with E-state index in [9.17, 15) is 4.79 Å². The number of nitrogens with two attached hydrogens (primary N) is 1. The number of aldehydes is 1. The van der Waals surface area contributed by atoms with Gasteiger partial charge in [-0.2, -0.15) is 5.10 Å². The summed E-state index contributed by atoms with van der Waals surface area (Å²) in [5.74, 6) is 1.11. The van der Waals surface area contributed by atoms with Crippen LogP contribution in [0.1, 0.15) is 15.9 Å². The number of aryl methyl sites for hydroxylation is 1. The molecule has 0 fully saturated rings. The Bertz CT molecular complexity index is 659. The highest BCUT2D eigenvalue weighted by atomic mass is 16.5. The van der Waals surface area contributed by atoms with Gasteiger partial charge in [-0.1, -0.05) is 6.08 Å². The van der Waals surface area contributed by atoms with Crippen LogP contribution in [0.25, 0.3) is 11.3 Å². The smallest absolute Gasteiger partial charge is 0.156 e. The number of nitrogens with zero attached hydrogens (tertiary/aromatic N) is 2. The van der Waals surface area contributed by atoms with Gasteiger partial charge in [0.15, 0.2) is 6.29 Å². The molecule has 5 heteroatoms. The van der Waals surface area contributed by atoms with Crippen molar-refractivity contribution in [2.24, 2.45) is 0 Å². The molecule has 0 unspecified atom stereocenters. The Labute approximate surface area is 117 Å². The Balaban J connectivity index is 2.59. The first-order valence-electron chi connectivity index (χ1n) is 6.19. The topological polar surface area (TPSA) is 70.1 Å². The Morgan fingerprint density at radius 1 is 1.50 bits per heavy atom. The Morgan fingerprint density at radius 2 is 2.25 bits per heavy atom. The van der Waals surface area contributed by atoms with Crippen molar-refractivity contribution in [3.8, 4) is 17.0 Å². The lowest BCUT2D eigenvalue weighted by molar-refractivity contribution is 0.112. The number of carbonyl (C=O) groups is 1. The summed E-state index contributed by atoms with van der Waals surface area (Å²) in [6.07, 6.45) is 2.42. The van der Waals surface area contributed by atoms with Crippen molar-refractivity contribution in [1.82, 2.24) is 9.78 Å². The fourth-order valence-corrected chi connectivity index (χ4v) is 2.09. The molecular weight excluding hydrogens is 254 g/mol. The summed E-state index contributed by atoms with van der Waals surface area (Å²) in [4.78, 5) is 11.3. The van der Waals surface area contributed by atoms with Gasteiger partial charge < -0.3 is 10.5 Å². The van der Waals surface area contributed by atoms with Crippen molar-refractivity contribution in [2.45, 2.75) is 13.5 Å². The van der Waals surface area contributed by atoms with Crippen molar-refractivity contribution >= 4 is 12.1 Å². The third kappa shape index (κ3) is 2.30. The fraction of sp³-hybridized carbons (Fsp3) is 0.200. The van der Waals surface area contributed by atoms with E-state index in [1.807, 2.05) is 25.1 Å². The number of methoxy groups -OCH3 is 1. The van der Waals surface area contributed by atoms with Gasteiger partial charge in [-0.05, 0) is 30.7 Å². The second-order valence-corrected chi connectivity index (χ2v) is 4.42. The number of benzene rings is 1. The standard InChI is InChI=1S/C15H17N3O2/c1-4-7-18-15(16)13(9-19)14(17-18)12-6-5-11(20-3)8-10(12)2/h4-6,8-9H,1,7,16H2,2-3H3. The largest absolute Gasteiger partial charge is 0.497 e. The lowest BCUT2D eigenvalue weighted by atomic mass is 10.0. The van der Waals surface area contributed by atoms with Crippen molar-refractivity contribution in [3.63, 3.8) is 0 Å². The van der Waals surface area contributed by atoms with Gasteiger partial charge in [0.25, 0.3) is 0 Å². The first-order chi connectivity index (χ1) is 9.62. The monoisotopic (exact) mass is 271 g/mol. The zero-order valence-corrected chi connectivity index (χ0v) is 11.6. The minimum atomic E-state index is 0.352. The first kappa shape index (κ1) is 13.9. The molecule has 0 aliphatic rings. The average molecular weight is 271 g/mol. The van der Waals surface area contributed by atoms with Gasteiger partial charge in [0, 0.05) is 5.56 Å². The number of ether oxygens (including phenoxy) is 1. The molecular formula is C15H17N3O2. The molecule has 104 valence electrons. The third-order valence-corrected chi connectivity index (χ3v) is 3.14. The highest BCUT2D eigenvalue weighted by Gasteiger charge is 2.17. The van der Waals surface area contributed by atoms with E-state index >= 15 is 0 Å². The Kier molecular flexibility index (Phi) is 3.89. The highest BCUT2D eigenvalue weighted by Crippen LogP contribution is 2.30. The van der Waals surface area contributed by atoms with Crippen molar-refractivity contribution in [2.75, 3.05) is 12.8 Å². The number of allylic oxidation sites excluding steroid dienone is 1. The van der Waals surface area contributed by atoms with Gasteiger partial charge in [0.2, 0.25) is 0 Å². The third-order valence-electron chi connectivity index (χ3n) is 3.14. The van der Waals surface area contributed by atoms with Crippen molar-refractivity contribution in [3.05, 3.63) is 42.0 Å². The number of anilines is 1. The quantitative estimate of drug-likeness (QED) is 0.670. The predicted molar refractivity (Wildman–Crippen MR) is 78.9 cm³/mol. The molecule has 5 nitrogen and oxygen atoms in total. The van der Waals surface area contributed by atoms with Gasteiger partial charge in [0.05, 0.1) is 19.2 Å². The van der Waals surface area contributed by atoms with E-state index in [-0.39, 0.29) is 0 Å². The van der Waals surface area contributed by atoms with Gasteiger partial charge in [-0.25, -0.2) is 4.68 Å². The van der Waals surface area contributed by atoms with E-state index in [0.29, 0.717) is 23.6 Å². The van der Waals surface area contributed by atoms with E-state index in [1.54, 1.807) is 17.9 Å². The van der Waals surface area contributed by atoms with Crippen LogP contribution in [0.4, 0.5) is 5.82 Å². The summed E-state index contributed by atoms with van der Waals surface area (Å²) >= 11 is 0. The van der Waals surface area contributed by atoms with Gasteiger partial charge >= 0.3 is 0 Å². The summed E-state index contributed by atoms with van der Waals surface area (Å²) < 4.78 is 6.74. The lowest BCUT2D eigenvalue weighted by Crippen LogP contribution is -2.03. The molecule has 0 radical (unpaired) electrons. The number of carbonyl (C=O) groups excluding carboxylic acids is 1. The fourth-order valence-electron chi connectivity index (χ4n) is 2.09. The zero-order valence-electron chi connectivity index (χ0n) is 11.6. The van der Waals surface area contributed by atoms with E-state index in [0.717, 1.165) is 23.2 Å². The molecule has 0 spiro atoms. The normalized spacial score (nSPS) is 10.3. The van der Waals surface area contributed by atoms with Crippen LogP contribution in [-0.4, -0.2) is 23.2 Å². The van der Waals surface area contributed by atoms with Crippen LogP contribution in [0.2, 0.25) is 0 Å². The SMILES string of the molecule is C=CCn1nc(-c2ccc(OC)cc2C)c(C=O)c1N. The van der Waals surface area contributed by atoms with Crippen LogP contribution < -0.4 is 10.5 Å². The second-order valence-electron chi connectivity index (χ2n) is 4.42. The van der Waals surface area contributed by atoms with Crippen LogP contribution in [-0.2, 0) is 6.54 Å². The number of nitrogen functional groups attached to an aromatic ring is 1. The molecule has 0 saturated heterocycles. The van der Waals surface area contributed by atoms with Gasteiger partial charge in [-0.3, -0.25) is 4.79 Å². The first-order valence-corrected chi connectivity index (χ1v) is 6.19. The minimum absolute atomic E-state index is 0.352. The van der Waals surface area contributed by atoms with Crippen LogP contribution in [0.3, 0.4) is 0 Å². The average Bonchev–Trinajstić information content (AvgIpc) is 2.75. The van der Waals surface area contributed by atoms with E-state index in [1.165, 1.54) is 0 Å². The molecule has 2 aromatic rings. The predicted octanol–water partition coefficient (Wildman–Crippen LogP) is 2.45. The van der Waals surface area contributed by atoms with E-state index in [4.69, 9.17) is 10.5 Å². The Hall–Kier alpha value is -2.56. The summed E-state index contributed by atoms with van der Waals surface area (Å²) in [5.41, 5.74) is 8.76. The summed E-state index contributed by atoms with van der Waals surface area (Å²) in [5, 5.41) is 4.41. The minimum Gasteiger partial charge on any atom is -0.497 e. The van der Waals surface area contributed by atoms with Gasteiger partial charge in [0.1, 0.15) is 17.3 Å². The summed E-state index contributed by atoms with van der Waals surface area (Å²) in [7, 11) is 1.61. The summed E-state index contributed by atoms with van der Waals surface area (Å²) in [6.45, 7) is 6.05. The molecule has 20 heavy (non-hydrogen) atoms. The van der Waals surface area contributed by atoms with Crippen LogP contribution in [0.5, 0.6) is 5.75 Å². The van der Waals surface area contributed by atoms with Crippen LogP contribution in [0.15, 0.2) is 30.9 Å². The summed E-state index contributed by atoms with van der Waals surface area (Å²) in [6, 6.07) is 5.60. The maximum absolute atomic E-state index is 11.3. The molecule has 1 aromatic carbocycles. The van der Waals surface area contributed by atoms with Crippen molar-refractivity contribution < 1.29 is 9.53 Å². The molecule has 2 N–H and O–H groups in total. The maximum atomic E-state index is 11.3. The molecule has 1 aromatic heterocycles. The Morgan fingerprint density at radius 3 is 2.80 bits per heavy atom. The van der Waals surface area contributed by atoms with Crippen LogP contribution in [0, 0.1) is 6.92 Å². The molecule has 0 atom stereocenters. The number of hydrogen-bond acceptors (Lipinski definition) is 4. The van der Waals surface area contributed by atoms with Gasteiger partial charge in [-0.15, -0.1) is 6.58 Å². The number of hydrogen-bond donors (Lipinski definition) is 1. The molecule has 1 heterocycles. The molecule has 0 bridgehead atoms. The van der Waals surface area contributed by atoms with Crippen LogP contribution >= 0.6 is 0 Å². The molecule has 0 aliphatic heterocycles. The van der Waals surface area contributed by atoms with E-state index in [2.05, 4.69) is 11.7 Å². The highest BCUT2D eigenvalue weighted by molar-refractivity contribution is 5.92. The van der Waals surface area contributed by atoms with Crippen molar-refractivity contribution in [1.29, 1.82) is 0 Å². The lowest BCUT2D eigenvalue weighted by Gasteiger charge is -2.06. The zero-order chi connectivity index (χ0) is 14.7. The molecule has 0 aliphatic carbocycles. The molecule has 0 saturated carbocycles. The second kappa shape index (κ2) is 5.61. The maximum Gasteiger partial charge on any atom is 0.156 e.